The molecule has 2 rings (SSSR count). The number of hydrogen-bond acceptors (Lipinski definition) is 3. The molecule has 1 unspecified atom stereocenters. The Bertz CT molecular complexity index is 669. The highest BCUT2D eigenvalue weighted by molar-refractivity contribution is 5.70. The van der Waals surface area contributed by atoms with Gasteiger partial charge in [-0.15, -0.1) is 0 Å². The second kappa shape index (κ2) is 8.67. The predicted molar refractivity (Wildman–Crippen MR) is 89.8 cm³/mol. The quantitative estimate of drug-likeness (QED) is 0.755. The highest BCUT2D eigenvalue weighted by Gasteiger charge is 2.40. The van der Waals surface area contributed by atoms with E-state index in [9.17, 15) is 18.0 Å². The van der Waals surface area contributed by atoms with Crippen molar-refractivity contribution in [2.45, 2.75) is 32.1 Å². The van der Waals surface area contributed by atoms with Gasteiger partial charge in [0.2, 0.25) is 0 Å². The van der Waals surface area contributed by atoms with Crippen molar-refractivity contribution in [2.75, 3.05) is 6.61 Å². The second-order valence-electron chi connectivity index (χ2n) is 5.55. The van der Waals surface area contributed by atoms with Crippen LogP contribution in [0.25, 0.3) is 11.1 Å². The van der Waals surface area contributed by atoms with Gasteiger partial charge in [0.1, 0.15) is 6.04 Å². The van der Waals surface area contributed by atoms with Crippen LogP contribution in [0.2, 0.25) is 0 Å². The van der Waals surface area contributed by atoms with E-state index < -0.39 is 24.6 Å². The Hall–Kier alpha value is -2.34. The summed E-state index contributed by atoms with van der Waals surface area (Å²) >= 11 is 0. The van der Waals surface area contributed by atoms with E-state index in [1.54, 1.807) is 19.1 Å². The molecule has 0 bridgehead atoms. The molecular formula is C19H20F3NO2. The summed E-state index contributed by atoms with van der Waals surface area (Å²) in [4.78, 5) is 11.4. The Balaban J connectivity index is 1.99. The topological polar surface area (TPSA) is 38.3 Å². The van der Waals surface area contributed by atoms with Gasteiger partial charge >= 0.3 is 12.1 Å². The average Bonchev–Trinajstić information content (AvgIpc) is 2.59. The fourth-order valence-electron chi connectivity index (χ4n) is 2.38. The molecule has 1 N–H and O–H groups in total. The van der Waals surface area contributed by atoms with Crippen molar-refractivity contribution in [1.82, 2.24) is 5.32 Å². The van der Waals surface area contributed by atoms with Crippen molar-refractivity contribution in [2.24, 2.45) is 0 Å². The first-order valence-corrected chi connectivity index (χ1v) is 8.00. The molecule has 0 fully saturated rings. The third-order valence-electron chi connectivity index (χ3n) is 3.68. The molecule has 2 aromatic rings. The number of halogens is 3. The summed E-state index contributed by atoms with van der Waals surface area (Å²) in [6.07, 6.45) is -5.25. The van der Waals surface area contributed by atoms with Crippen LogP contribution < -0.4 is 5.32 Å². The van der Waals surface area contributed by atoms with E-state index in [0.29, 0.717) is 5.56 Å². The maximum atomic E-state index is 13.0. The molecule has 6 heteroatoms. The molecule has 0 saturated heterocycles. The fraction of sp³-hybridized carbons (Fsp3) is 0.316. The third kappa shape index (κ3) is 5.90. The van der Waals surface area contributed by atoms with E-state index in [1.807, 2.05) is 42.5 Å². The first kappa shape index (κ1) is 19.0. The van der Waals surface area contributed by atoms with Gasteiger partial charge in [0, 0.05) is 6.54 Å². The monoisotopic (exact) mass is 351 g/mol. The molecule has 0 amide bonds. The number of carbonyl (C=O) groups excluding carboxylic acids is 1. The third-order valence-corrected chi connectivity index (χ3v) is 3.68. The minimum Gasteiger partial charge on any atom is -0.466 e. The second-order valence-corrected chi connectivity index (χ2v) is 5.55. The van der Waals surface area contributed by atoms with E-state index in [4.69, 9.17) is 0 Å². The Morgan fingerprint density at radius 1 is 1.04 bits per heavy atom. The highest BCUT2D eigenvalue weighted by Crippen LogP contribution is 2.24. The summed E-state index contributed by atoms with van der Waals surface area (Å²) in [6.45, 7) is 1.63. The summed E-state index contributed by atoms with van der Waals surface area (Å²) in [5.41, 5.74) is 2.73. The van der Waals surface area contributed by atoms with Crippen LogP contribution in [0.15, 0.2) is 54.6 Å². The van der Waals surface area contributed by atoms with Gasteiger partial charge in [-0.2, -0.15) is 13.2 Å². The zero-order valence-corrected chi connectivity index (χ0v) is 13.8. The Labute approximate surface area is 144 Å². The lowest BCUT2D eigenvalue weighted by molar-refractivity contribution is -0.169. The van der Waals surface area contributed by atoms with Crippen LogP contribution >= 0.6 is 0 Å². The number of rotatable bonds is 7. The summed E-state index contributed by atoms with van der Waals surface area (Å²) in [7, 11) is 0. The summed E-state index contributed by atoms with van der Waals surface area (Å²) < 4.78 is 43.7. The molecule has 2 aromatic carbocycles. The normalized spacial score (nSPS) is 12.6. The van der Waals surface area contributed by atoms with E-state index >= 15 is 0 Å². The number of ether oxygens (including phenoxy) is 1. The maximum absolute atomic E-state index is 13.0. The minimum absolute atomic E-state index is 0.0126. The number of esters is 1. The summed E-state index contributed by atoms with van der Waals surface area (Å²) in [5.74, 6) is -0.864. The molecule has 25 heavy (non-hydrogen) atoms. The standard InChI is InChI=1S/C19H20F3NO2/c1-2-25-18(24)12-17(19(20,21)22)23-13-14-8-10-16(11-9-14)15-6-4-3-5-7-15/h3-11,17,23H,2,12-13H2,1H3. The van der Waals surface area contributed by atoms with E-state index in [2.05, 4.69) is 10.1 Å². The molecule has 0 aliphatic rings. The van der Waals surface area contributed by atoms with Crippen molar-refractivity contribution in [3.8, 4) is 11.1 Å². The van der Waals surface area contributed by atoms with Gasteiger partial charge in [-0.1, -0.05) is 54.6 Å². The van der Waals surface area contributed by atoms with Gasteiger partial charge in [-0.3, -0.25) is 4.79 Å². The number of hydrogen-bond donors (Lipinski definition) is 1. The first-order chi connectivity index (χ1) is 11.9. The Morgan fingerprint density at radius 2 is 1.64 bits per heavy atom. The van der Waals surface area contributed by atoms with Gasteiger partial charge in [0.05, 0.1) is 13.0 Å². The SMILES string of the molecule is CCOC(=O)CC(NCc1ccc(-c2ccccc2)cc1)C(F)(F)F. The Morgan fingerprint density at radius 3 is 2.20 bits per heavy atom. The van der Waals surface area contributed by atoms with Crippen molar-refractivity contribution < 1.29 is 22.7 Å². The summed E-state index contributed by atoms with van der Waals surface area (Å²) in [5, 5.41) is 2.40. The lowest BCUT2D eigenvalue weighted by atomic mass is 10.0. The smallest absolute Gasteiger partial charge is 0.404 e. The van der Waals surface area contributed by atoms with Crippen molar-refractivity contribution in [3.05, 3.63) is 60.2 Å². The largest absolute Gasteiger partial charge is 0.466 e. The molecule has 0 spiro atoms. The molecule has 0 saturated carbocycles. The Kier molecular flexibility index (Phi) is 6.58. The van der Waals surface area contributed by atoms with Crippen molar-refractivity contribution in [1.29, 1.82) is 0 Å². The number of nitrogens with one attached hydrogen (secondary N) is 1. The van der Waals surface area contributed by atoms with Gasteiger partial charge < -0.3 is 10.1 Å². The molecule has 134 valence electrons. The fourth-order valence-corrected chi connectivity index (χ4v) is 2.38. The van der Waals surface area contributed by atoms with Crippen LogP contribution in [0.5, 0.6) is 0 Å². The van der Waals surface area contributed by atoms with Crippen LogP contribution in [-0.2, 0) is 16.1 Å². The number of benzene rings is 2. The number of carbonyl (C=O) groups is 1. The van der Waals surface area contributed by atoms with Crippen LogP contribution in [-0.4, -0.2) is 24.8 Å². The number of alkyl halides is 3. The molecule has 0 radical (unpaired) electrons. The van der Waals surface area contributed by atoms with Gasteiger partial charge in [-0.25, -0.2) is 0 Å². The molecule has 0 aliphatic heterocycles. The highest BCUT2D eigenvalue weighted by atomic mass is 19.4. The molecule has 0 aromatic heterocycles. The molecule has 3 nitrogen and oxygen atoms in total. The molecular weight excluding hydrogens is 331 g/mol. The molecule has 0 aliphatic carbocycles. The first-order valence-electron chi connectivity index (χ1n) is 8.00. The average molecular weight is 351 g/mol. The van der Waals surface area contributed by atoms with Gasteiger partial charge in [0.15, 0.2) is 0 Å². The zero-order chi connectivity index (χ0) is 18.3. The predicted octanol–water partition coefficient (Wildman–Crippen LogP) is 4.33. The van der Waals surface area contributed by atoms with Crippen LogP contribution in [0.4, 0.5) is 13.2 Å². The van der Waals surface area contributed by atoms with Gasteiger partial charge in [0.25, 0.3) is 0 Å². The van der Waals surface area contributed by atoms with E-state index in [-0.39, 0.29) is 13.2 Å². The van der Waals surface area contributed by atoms with Crippen molar-refractivity contribution in [3.63, 3.8) is 0 Å². The van der Waals surface area contributed by atoms with Gasteiger partial charge in [-0.05, 0) is 23.6 Å². The lowest BCUT2D eigenvalue weighted by Gasteiger charge is -2.21. The van der Waals surface area contributed by atoms with Crippen LogP contribution in [0, 0.1) is 0 Å². The lowest BCUT2D eigenvalue weighted by Crippen LogP contribution is -2.43. The van der Waals surface area contributed by atoms with Crippen LogP contribution in [0.1, 0.15) is 18.9 Å². The zero-order valence-electron chi connectivity index (χ0n) is 13.8. The van der Waals surface area contributed by atoms with Crippen LogP contribution in [0.3, 0.4) is 0 Å². The molecule has 1 atom stereocenters. The summed E-state index contributed by atoms with van der Waals surface area (Å²) in [6, 6.07) is 15.0. The maximum Gasteiger partial charge on any atom is 0.404 e. The van der Waals surface area contributed by atoms with E-state index in [0.717, 1.165) is 11.1 Å². The van der Waals surface area contributed by atoms with E-state index in [1.165, 1.54) is 0 Å². The van der Waals surface area contributed by atoms with Crippen molar-refractivity contribution >= 4 is 5.97 Å². The minimum atomic E-state index is -4.52. The molecule has 0 heterocycles.